The second-order valence-electron chi connectivity index (χ2n) is 3.25. The van der Waals surface area contributed by atoms with E-state index in [0.717, 1.165) is 9.98 Å². The van der Waals surface area contributed by atoms with Crippen molar-refractivity contribution in [3.8, 4) is 0 Å². The van der Waals surface area contributed by atoms with Gasteiger partial charge in [0.05, 0.1) is 23.3 Å². The molecule has 0 spiro atoms. The van der Waals surface area contributed by atoms with Crippen LogP contribution in [-0.4, -0.2) is 45.6 Å². The van der Waals surface area contributed by atoms with E-state index in [1.54, 1.807) is 23.9 Å². The monoisotopic (exact) mass is 586 g/mol. The Labute approximate surface area is 164 Å². The molecule has 0 fully saturated rings. The zero-order valence-electron chi connectivity index (χ0n) is 11.3. The Bertz CT molecular complexity index is 455. The van der Waals surface area contributed by atoms with Crippen LogP contribution in [0.5, 0.6) is 0 Å². The van der Waals surface area contributed by atoms with E-state index in [4.69, 9.17) is 44.1 Å². The van der Waals surface area contributed by atoms with Gasteiger partial charge >= 0.3 is 27.3 Å². The Balaban J connectivity index is 0.00000361. The number of hydrogen-bond acceptors (Lipinski definition) is 5. The quantitative estimate of drug-likeness (QED) is 0.181. The molecule has 0 aromatic heterocycles. The van der Waals surface area contributed by atoms with Gasteiger partial charge < -0.3 is 9.05 Å². The Morgan fingerprint density at radius 2 is 1.80 bits per heavy atom. The van der Waals surface area contributed by atoms with Gasteiger partial charge in [0, 0.05) is 9.92 Å². The van der Waals surface area contributed by atoms with Crippen LogP contribution in [0.25, 0.3) is 0 Å². The van der Waals surface area contributed by atoms with E-state index in [2.05, 4.69) is 0 Å². The summed E-state index contributed by atoms with van der Waals surface area (Å²) in [5, 5.41) is 2.08. The Morgan fingerprint density at radius 3 is 2.35 bits per heavy atom. The summed E-state index contributed by atoms with van der Waals surface area (Å²) in [4.78, 5) is 0.941. The van der Waals surface area contributed by atoms with E-state index in [1.807, 2.05) is 19.9 Å². The van der Waals surface area contributed by atoms with Crippen molar-refractivity contribution in [1.29, 1.82) is 0 Å². The molecule has 1 rings (SSSR count). The van der Waals surface area contributed by atoms with Crippen LogP contribution in [0.1, 0.15) is 13.8 Å². The van der Waals surface area contributed by atoms with Crippen LogP contribution in [0, 0.1) is 0 Å². The van der Waals surface area contributed by atoms with Gasteiger partial charge in [-0.05, 0) is 43.9 Å². The summed E-state index contributed by atoms with van der Waals surface area (Å²) < 4.78 is 11.1. The zero-order chi connectivity index (χ0) is 14.3. The molecule has 0 N–H and O–H groups in total. The van der Waals surface area contributed by atoms with Crippen LogP contribution in [0.15, 0.2) is 23.1 Å². The Kier molecular flexibility index (Phi) is 12.7. The first-order chi connectivity index (χ1) is 9.00. The van der Waals surface area contributed by atoms with E-state index in [9.17, 15) is 0 Å². The minimum atomic E-state index is -2.23. The average molecular weight is 587 g/mol. The molecule has 2 nitrogen and oxygen atoms in total. The van der Waals surface area contributed by atoms with E-state index in [-0.39, 0.29) is 27.3 Å². The first-order valence-corrected chi connectivity index (χ1v) is 11.6. The molecule has 0 saturated carbocycles. The SMILES string of the molecule is CCOP(=S)(OCC)SCSc1cc(Cl)ccc1Cl.[PbH2]. The van der Waals surface area contributed by atoms with Gasteiger partial charge in [0.2, 0.25) is 5.69 Å². The average Bonchev–Trinajstić information content (AvgIpc) is 2.34. The third kappa shape index (κ3) is 8.02. The molecular formula is C11H17Cl2O2PPbS3. The van der Waals surface area contributed by atoms with Crippen molar-refractivity contribution >= 4 is 91.1 Å². The second-order valence-corrected chi connectivity index (χ2v) is 11.8. The molecule has 0 bridgehead atoms. The van der Waals surface area contributed by atoms with E-state index >= 15 is 0 Å². The van der Waals surface area contributed by atoms with Crippen LogP contribution in [0.2, 0.25) is 10.0 Å². The van der Waals surface area contributed by atoms with Crippen LogP contribution < -0.4 is 0 Å². The molecule has 0 heterocycles. The molecule has 20 heavy (non-hydrogen) atoms. The zero-order valence-corrected chi connectivity index (χ0v) is 21.7. The van der Waals surface area contributed by atoms with Crippen molar-refractivity contribution in [2.45, 2.75) is 18.7 Å². The van der Waals surface area contributed by atoms with Crippen molar-refractivity contribution in [3.63, 3.8) is 0 Å². The van der Waals surface area contributed by atoms with Crippen molar-refractivity contribution in [2.24, 2.45) is 0 Å². The van der Waals surface area contributed by atoms with Gasteiger partial charge in [0.15, 0.2) is 0 Å². The maximum absolute atomic E-state index is 6.10. The van der Waals surface area contributed by atoms with E-state index < -0.39 is 5.69 Å². The van der Waals surface area contributed by atoms with Gasteiger partial charge in [-0.2, -0.15) is 0 Å². The number of hydrogen-bond donors (Lipinski definition) is 0. The summed E-state index contributed by atoms with van der Waals surface area (Å²) >= 11 is 20.6. The van der Waals surface area contributed by atoms with Gasteiger partial charge in [-0.1, -0.05) is 34.6 Å². The molecule has 1 aromatic rings. The van der Waals surface area contributed by atoms with E-state index in [0.29, 0.717) is 23.3 Å². The summed E-state index contributed by atoms with van der Waals surface area (Å²) in [6.45, 7) is 4.96. The summed E-state index contributed by atoms with van der Waals surface area (Å²) in [5.41, 5.74) is -2.23. The standard InChI is InChI=1S/C11H15Cl2O2PS3.Pb.2H/c1-3-14-16(17,15-4-2)19-8-18-11-7-9(12)5-6-10(11)13;;;/h5-7H,3-4,8H2,1-2H3;;;. The summed E-state index contributed by atoms with van der Waals surface area (Å²) in [7, 11) is 0. The molecule has 0 amide bonds. The topological polar surface area (TPSA) is 18.5 Å². The van der Waals surface area contributed by atoms with Crippen molar-refractivity contribution in [1.82, 2.24) is 0 Å². The first kappa shape index (κ1) is 22.0. The van der Waals surface area contributed by atoms with Gasteiger partial charge in [0.25, 0.3) is 0 Å². The van der Waals surface area contributed by atoms with Crippen molar-refractivity contribution < 1.29 is 9.05 Å². The molecule has 1 aromatic carbocycles. The maximum atomic E-state index is 6.10. The summed E-state index contributed by atoms with van der Waals surface area (Å²) in [6.07, 6.45) is 0. The van der Waals surface area contributed by atoms with Crippen LogP contribution in [0.4, 0.5) is 0 Å². The fourth-order valence-corrected chi connectivity index (χ4v) is 8.71. The van der Waals surface area contributed by atoms with Crippen molar-refractivity contribution in [2.75, 3.05) is 18.3 Å². The fraction of sp³-hybridized carbons (Fsp3) is 0.455. The van der Waals surface area contributed by atoms with Gasteiger partial charge in [-0.25, -0.2) is 0 Å². The third-order valence-corrected chi connectivity index (χ3v) is 9.69. The van der Waals surface area contributed by atoms with Crippen LogP contribution >= 0.6 is 52.0 Å². The van der Waals surface area contributed by atoms with Crippen LogP contribution in [0.3, 0.4) is 0 Å². The molecule has 114 valence electrons. The molecule has 2 radical (unpaired) electrons. The van der Waals surface area contributed by atoms with Gasteiger partial charge in [-0.3, -0.25) is 0 Å². The molecular weight excluding hydrogens is 569 g/mol. The Hall–Kier alpha value is 1.99. The predicted molar refractivity (Wildman–Crippen MR) is 101 cm³/mol. The van der Waals surface area contributed by atoms with Gasteiger partial charge in [0.1, 0.15) is 0 Å². The third-order valence-electron chi connectivity index (χ3n) is 1.89. The van der Waals surface area contributed by atoms with Crippen molar-refractivity contribution in [3.05, 3.63) is 28.2 Å². The van der Waals surface area contributed by atoms with E-state index in [1.165, 1.54) is 11.4 Å². The molecule has 0 aliphatic heterocycles. The van der Waals surface area contributed by atoms with Crippen LogP contribution in [-0.2, 0) is 20.9 Å². The molecule has 0 aliphatic rings. The molecule has 0 unspecified atom stereocenters. The normalized spacial score (nSPS) is 11.2. The fourth-order valence-electron chi connectivity index (χ4n) is 1.17. The second kappa shape index (κ2) is 11.5. The summed E-state index contributed by atoms with van der Waals surface area (Å²) in [5.74, 6) is 0. The number of rotatable bonds is 8. The summed E-state index contributed by atoms with van der Waals surface area (Å²) in [6, 6.07) is 5.41. The number of thioether (sulfide) groups is 1. The minimum absolute atomic E-state index is 0. The first-order valence-electron chi connectivity index (χ1n) is 5.62. The number of benzene rings is 1. The molecule has 9 heteroatoms. The van der Waals surface area contributed by atoms with Gasteiger partial charge in [-0.15, -0.1) is 11.8 Å². The Morgan fingerprint density at radius 1 is 1.20 bits per heavy atom. The molecule has 0 saturated heterocycles. The number of halogens is 2. The molecule has 0 atom stereocenters. The molecule has 0 aliphatic carbocycles. The predicted octanol–water partition coefficient (Wildman–Crippen LogP) is 5.16.